The van der Waals surface area contributed by atoms with Crippen molar-refractivity contribution < 1.29 is 14.0 Å². The van der Waals surface area contributed by atoms with Gasteiger partial charge in [0, 0.05) is 44.0 Å². The Bertz CT molecular complexity index is 1250. The van der Waals surface area contributed by atoms with Crippen molar-refractivity contribution in [3.8, 4) is 0 Å². The van der Waals surface area contributed by atoms with Crippen LogP contribution in [0.2, 0.25) is 0 Å². The summed E-state index contributed by atoms with van der Waals surface area (Å²) in [5.74, 6) is -0.584. The molecule has 1 saturated heterocycles. The summed E-state index contributed by atoms with van der Waals surface area (Å²) in [5, 5.41) is 0. The number of hydrogen-bond acceptors (Lipinski definition) is 3. The van der Waals surface area contributed by atoms with E-state index in [2.05, 4.69) is 17.0 Å². The van der Waals surface area contributed by atoms with Gasteiger partial charge >= 0.3 is 0 Å². The first-order valence-electron chi connectivity index (χ1n) is 11.9. The van der Waals surface area contributed by atoms with Crippen molar-refractivity contribution >= 4 is 17.5 Å². The molecule has 3 aromatic carbocycles. The van der Waals surface area contributed by atoms with E-state index in [4.69, 9.17) is 0 Å². The second kappa shape index (κ2) is 8.28. The molecule has 2 amide bonds. The average Bonchev–Trinajstić information content (AvgIpc) is 2.89. The fourth-order valence-corrected chi connectivity index (χ4v) is 5.78. The van der Waals surface area contributed by atoms with E-state index in [-0.39, 0.29) is 23.7 Å². The Morgan fingerprint density at radius 1 is 0.794 bits per heavy atom. The van der Waals surface area contributed by atoms with Crippen LogP contribution in [0.4, 0.5) is 10.1 Å². The topological polar surface area (TPSA) is 43.9 Å². The van der Waals surface area contributed by atoms with E-state index in [1.165, 1.54) is 17.7 Å². The van der Waals surface area contributed by atoms with Gasteiger partial charge in [-0.15, -0.1) is 0 Å². The molecular weight excluding hydrogens is 429 g/mol. The largest absolute Gasteiger partial charge is 0.368 e. The zero-order valence-electron chi connectivity index (χ0n) is 18.9. The minimum Gasteiger partial charge on any atom is -0.368 e. The van der Waals surface area contributed by atoms with Crippen LogP contribution < -0.4 is 4.90 Å². The van der Waals surface area contributed by atoms with Gasteiger partial charge in [0.1, 0.15) is 5.82 Å². The van der Waals surface area contributed by atoms with Gasteiger partial charge in [-0.1, -0.05) is 42.5 Å². The molecule has 5 nitrogen and oxygen atoms in total. The van der Waals surface area contributed by atoms with Gasteiger partial charge in [0.15, 0.2) is 0 Å². The molecule has 0 spiro atoms. The van der Waals surface area contributed by atoms with Crippen LogP contribution in [0, 0.1) is 5.82 Å². The van der Waals surface area contributed by atoms with E-state index >= 15 is 0 Å². The van der Waals surface area contributed by atoms with Crippen LogP contribution in [0.3, 0.4) is 0 Å². The lowest BCUT2D eigenvalue weighted by molar-refractivity contribution is -0.135. The van der Waals surface area contributed by atoms with Gasteiger partial charge in [-0.25, -0.2) is 4.39 Å². The summed E-state index contributed by atoms with van der Waals surface area (Å²) in [6.45, 7) is 3.19. The summed E-state index contributed by atoms with van der Waals surface area (Å²) >= 11 is 0. The first-order chi connectivity index (χ1) is 16.6. The SMILES string of the molecule is O=C(C1c2ccccc2C(=O)N2CCc3ccccc3C12)N1CCN(c2ccc(F)cc2)CC1. The molecule has 1 fully saturated rings. The summed E-state index contributed by atoms with van der Waals surface area (Å²) in [6, 6.07) is 22.0. The second-order valence-electron chi connectivity index (χ2n) is 9.25. The highest BCUT2D eigenvalue weighted by Crippen LogP contribution is 2.46. The molecule has 0 bridgehead atoms. The summed E-state index contributed by atoms with van der Waals surface area (Å²) in [4.78, 5) is 33.5. The van der Waals surface area contributed by atoms with E-state index in [0.29, 0.717) is 38.3 Å². The average molecular weight is 456 g/mol. The normalized spacial score (nSPS) is 21.6. The molecule has 0 aliphatic carbocycles. The van der Waals surface area contributed by atoms with Crippen LogP contribution in [0.25, 0.3) is 0 Å². The highest BCUT2D eigenvalue weighted by Gasteiger charge is 2.47. The lowest BCUT2D eigenvalue weighted by Crippen LogP contribution is -2.54. The fraction of sp³-hybridized carbons (Fsp3) is 0.286. The molecule has 172 valence electrons. The zero-order chi connectivity index (χ0) is 23.2. The minimum atomic E-state index is -0.423. The van der Waals surface area contributed by atoms with Crippen LogP contribution in [0.5, 0.6) is 0 Å². The van der Waals surface area contributed by atoms with Gasteiger partial charge in [-0.2, -0.15) is 0 Å². The third-order valence-corrected chi connectivity index (χ3v) is 7.48. The lowest BCUT2D eigenvalue weighted by Gasteiger charge is -2.47. The van der Waals surface area contributed by atoms with Crippen molar-refractivity contribution in [3.63, 3.8) is 0 Å². The van der Waals surface area contributed by atoms with Crippen molar-refractivity contribution in [2.45, 2.75) is 18.4 Å². The van der Waals surface area contributed by atoms with Crippen molar-refractivity contribution in [3.05, 3.63) is 101 Å². The third kappa shape index (κ3) is 3.36. The molecule has 3 aromatic rings. The molecule has 3 heterocycles. The zero-order valence-corrected chi connectivity index (χ0v) is 18.9. The number of halogens is 1. The maximum atomic E-state index is 14.1. The van der Waals surface area contributed by atoms with Gasteiger partial charge in [0.25, 0.3) is 5.91 Å². The second-order valence-corrected chi connectivity index (χ2v) is 9.25. The number of anilines is 1. The van der Waals surface area contributed by atoms with E-state index in [1.54, 1.807) is 12.1 Å². The Hall–Kier alpha value is -3.67. The highest BCUT2D eigenvalue weighted by atomic mass is 19.1. The van der Waals surface area contributed by atoms with Crippen molar-refractivity contribution in [1.29, 1.82) is 0 Å². The van der Waals surface area contributed by atoms with Crippen LogP contribution in [0.1, 0.15) is 39.0 Å². The van der Waals surface area contributed by atoms with Crippen LogP contribution >= 0.6 is 0 Å². The van der Waals surface area contributed by atoms with Crippen LogP contribution in [-0.4, -0.2) is 54.3 Å². The summed E-state index contributed by atoms with van der Waals surface area (Å²) in [5.41, 5.74) is 4.74. The smallest absolute Gasteiger partial charge is 0.254 e. The lowest BCUT2D eigenvalue weighted by atomic mass is 9.75. The van der Waals surface area contributed by atoms with Gasteiger partial charge in [0.05, 0.1) is 12.0 Å². The molecule has 0 saturated carbocycles. The molecule has 34 heavy (non-hydrogen) atoms. The van der Waals surface area contributed by atoms with Crippen molar-refractivity contribution in [2.24, 2.45) is 0 Å². The van der Waals surface area contributed by atoms with Crippen LogP contribution in [-0.2, 0) is 11.2 Å². The summed E-state index contributed by atoms with van der Waals surface area (Å²) in [7, 11) is 0. The number of hydrogen-bond donors (Lipinski definition) is 0. The monoisotopic (exact) mass is 455 g/mol. The molecule has 3 aliphatic heterocycles. The third-order valence-electron chi connectivity index (χ3n) is 7.48. The highest BCUT2D eigenvalue weighted by molar-refractivity contribution is 6.01. The molecule has 6 rings (SSSR count). The number of carbonyl (C=O) groups is 2. The van der Waals surface area contributed by atoms with Crippen molar-refractivity contribution in [1.82, 2.24) is 9.80 Å². The Morgan fingerprint density at radius 2 is 1.47 bits per heavy atom. The number of nitrogens with zero attached hydrogens (tertiary/aromatic N) is 3. The van der Waals surface area contributed by atoms with Crippen LogP contribution in [0.15, 0.2) is 72.8 Å². The maximum Gasteiger partial charge on any atom is 0.254 e. The minimum absolute atomic E-state index is 0.0142. The fourth-order valence-electron chi connectivity index (χ4n) is 5.78. The Morgan fingerprint density at radius 3 is 2.24 bits per heavy atom. The predicted molar refractivity (Wildman–Crippen MR) is 128 cm³/mol. The van der Waals surface area contributed by atoms with E-state index in [9.17, 15) is 14.0 Å². The number of fused-ring (bicyclic) bond motifs is 4. The van der Waals surface area contributed by atoms with Gasteiger partial charge < -0.3 is 14.7 Å². The molecule has 2 atom stereocenters. The van der Waals surface area contributed by atoms with Gasteiger partial charge in [0.2, 0.25) is 5.91 Å². The number of carbonyl (C=O) groups excluding carboxylic acids is 2. The molecule has 0 radical (unpaired) electrons. The number of amides is 2. The van der Waals surface area contributed by atoms with E-state index in [0.717, 1.165) is 23.2 Å². The number of rotatable bonds is 2. The molecular formula is C28H26FN3O2. The molecule has 0 N–H and O–H groups in total. The number of piperazine rings is 1. The summed E-state index contributed by atoms with van der Waals surface area (Å²) in [6.07, 6.45) is 0.803. The molecule has 0 aromatic heterocycles. The van der Waals surface area contributed by atoms with Crippen molar-refractivity contribution in [2.75, 3.05) is 37.6 Å². The van der Waals surface area contributed by atoms with E-state index < -0.39 is 5.92 Å². The Kier molecular flexibility index (Phi) is 5.09. The Labute approximate surface area is 198 Å². The van der Waals surface area contributed by atoms with Gasteiger partial charge in [-0.05, 0) is 53.4 Å². The van der Waals surface area contributed by atoms with Gasteiger partial charge in [-0.3, -0.25) is 9.59 Å². The van der Waals surface area contributed by atoms with E-state index in [1.807, 2.05) is 46.2 Å². The predicted octanol–water partition coefficient (Wildman–Crippen LogP) is 4.01. The molecule has 3 aliphatic rings. The standard InChI is InChI=1S/C28H26FN3O2/c29-20-9-11-21(12-10-20)30-15-17-31(18-16-30)28(34)25-23-7-3-4-8-24(23)27(33)32-14-13-19-5-1-2-6-22(19)26(25)32/h1-12,25-26H,13-18H2. The Balaban J connectivity index is 1.32. The first-order valence-corrected chi connectivity index (χ1v) is 11.9. The molecule has 6 heteroatoms. The first kappa shape index (κ1) is 20.9. The summed E-state index contributed by atoms with van der Waals surface area (Å²) < 4.78 is 13.3. The maximum absolute atomic E-state index is 14.1. The quantitative estimate of drug-likeness (QED) is 0.587. The number of benzene rings is 3. The molecule has 2 unspecified atom stereocenters.